The molecule has 0 saturated carbocycles. The third-order valence-electron chi connectivity index (χ3n) is 4.97. The SMILES string of the molecule is Cc1c(C)c(Nc2ccn(-c3ccccc3)n2)c(C)c(C)c1CC(=O)O. The largest absolute Gasteiger partial charge is 0.481 e. The number of benzene rings is 2. The zero-order valence-corrected chi connectivity index (χ0v) is 15.5. The van der Waals surface area contributed by atoms with Crippen molar-refractivity contribution in [3.8, 4) is 5.69 Å². The molecule has 0 saturated heterocycles. The summed E-state index contributed by atoms with van der Waals surface area (Å²) >= 11 is 0. The Hall–Kier alpha value is -3.08. The molecule has 134 valence electrons. The fourth-order valence-corrected chi connectivity index (χ4v) is 3.24. The number of rotatable bonds is 5. The Bertz CT molecular complexity index is 930. The van der Waals surface area contributed by atoms with Crippen LogP contribution in [0.5, 0.6) is 0 Å². The molecule has 0 atom stereocenters. The van der Waals surface area contributed by atoms with Gasteiger partial charge in [0.2, 0.25) is 0 Å². The first-order valence-corrected chi connectivity index (χ1v) is 8.57. The second-order valence-corrected chi connectivity index (χ2v) is 6.53. The van der Waals surface area contributed by atoms with E-state index >= 15 is 0 Å². The molecule has 0 unspecified atom stereocenters. The maximum absolute atomic E-state index is 11.2. The van der Waals surface area contributed by atoms with Crippen molar-refractivity contribution in [3.63, 3.8) is 0 Å². The predicted octanol–water partition coefficient (Wildman–Crippen LogP) is 4.48. The summed E-state index contributed by atoms with van der Waals surface area (Å²) in [6, 6.07) is 11.9. The number of nitrogens with one attached hydrogen (secondary N) is 1. The van der Waals surface area contributed by atoms with Crippen molar-refractivity contribution in [2.75, 3.05) is 5.32 Å². The van der Waals surface area contributed by atoms with Crippen molar-refractivity contribution in [1.29, 1.82) is 0 Å². The van der Waals surface area contributed by atoms with E-state index in [0.29, 0.717) is 0 Å². The molecule has 2 aromatic carbocycles. The van der Waals surface area contributed by atoms with E-state index in [1.165, 1.54) is 0 Å². The molecule has 0 spiro atoms. The highest BCUT2D eigenvalue weighted by atomic mass is 16.4. The smallest absolute Gasteiger partial charge is 0.307 e. The summed E-state index contributed by atoms with van der Waals surface area (Å²) in [5.74, 6) is -0.0536. The van der Waals surface area contributed by atoms with E-state index in [2.05, 4.69) is 10.4 Å². The summed E-state index contributed by atoms with van der Waals surface area (Å²) < 4.78 is 1.82. The molecule has 0 aliphatic carbocycles. The van der Waals surface area contributed by atoms with E-state index in [9.17, 15) is 9.90 Å². The summed E-state index contributed by atoms with van der Waals surface area (Å²) in [5.41, 5.74) is 7.02. The molecule has 3 aromatic rings. The molecule has 0 bridgehead atoms. The van der Waals surface area contributed by atoms with Crippen LogP contribution < -0.4 is 5.32 Å². The van der Waals surface area contributed by atoms with E-state index in [1.54, 1.807) is 0 Å². The lowest BCUT2D eigenvalue weighted by atomic mass is 9.90. The lowest BCUT2D eigenvalue weighted by Gasteiger charge is -2.20. The van der Waals surface area contributed by atoms with Gasteiger partial charge in [0.25, 0.3) is 0 Å². The van der Waals surface area contributed by atoms with Crippen molar-refractivity contribution in [2.45, 2.75) is 34.1 Å². The van der Waals surface area contributed by atoms with Crippen LogP contribution in [-0.2, 0) is 11.2 Å². The van der Waals surface area contributed by atoms with Gasteiger partial charge in [-0.25, -0.2) is 4.68 Å². The van der Waals surface area contributed by atoms with Crippen molar-refractivity contribution in [1.82, 2.24) is 9.78 Å². The van der Waals surface area contributed by atoms with Crippen molar-refractivity contribution in [3.05, 3.63) is 70.4 Å². The van der Waals surface area contributed by atoms with Crippen LogP contribution in [0.25, 0.3) is 5.69 Å². The van der Waals surface area contributed by atoms with Crippen LogP contribution in [0, 0.1) is 27.7 Å². The van der Waals surface area contributed by atoms with Gasteiger partial charge in [-0.05, 0) is 67.6 Å². The average Bonchev–Trinajstić information content (AvgIpc) is 3.10. The van der Waals surface area contributed by atoms with Crippen LogP contribution in [0.3, 0.4) is 0 Å². The maximum atomic E-state index is 11.2. The van der Waals surface area contributed by atoms with Crippen LogP contribution in [0.2, 0.25) is 0 Å². The van der Waals surface area contributed by atoms with E-state index in [-0.39, 0.29) is 6.42 Å². The summed E-state index contributed by atoms with van der Waals surface area (Å²) in [4.78, 5) is 11.2. The Balaban J connectivity index is 1.96. The molecule has 5 heteroatoms. The third-order valence-corrected chi connectivity index (χ3v) is 4.97. The lowest BCUT2D eigenvalue weighted by Crippen LogP contribution is -2.09. The molecule has 26 heavy (non-hydrogen) atoms. The van der Waals surface area contributed by atoms with Gasteiger partial charge >= 0.3 is 5.97 Å². The summed E-state index contributed by atoms with van der Waals surface area (Å²) in [5, 5.41) is 17.2. The number of aromatic nitrogens is 2. The highest BCUT2D eigenvalue weighted by Gasteiger charge is 2.17. The predicted molar refractivity (Wildman–Crippen MR) is 104 cm³/mol. The molecule has 0 amide bonds. The minimum atomic E-state index is -0.808. The van der Waals surface area contributed by atoms with E-state index < -0.39 is 5.97 Å². The number of aliphatic carboxylic acids is 1. The summed E-state index contributed by atoms with van der Waals surface area (Å²) in [7, 11) is 0. The van der Waals surface area contributed by atoms with E-state index in [1.807, 2.05) is 75.0 Å². The van der Waals surface area contributed by atoms with Crippen molar-refractivity contribution < 1.29 is 9.90 Å². The monoisotopic (exact) mass is 349 g/mol. The van der Waals surface area contributed by atoms with Gasteiger partial charge in [-0.2, -0.15) is 5.10 Å². The number of carboxylic acid groups (broad SMARTS) is 1. The molecule has 0 aliphatic rings. The zero-order chi connectivity index (χ0) is 18.8. The van der Waals surface area contributed by atoms with Gasteiger partial charge in [0, 0.05) is 18.0 Å². The van der Waals surface area contributed by atoms with Crippen LogP contribution in [0.1, 0.15) is 27.8 Å². The number of para-hydroxylation sites is 1. The van der Waals surface area contributed by atoms with Gasteiger partial charge in [-0.15, -0.1) is 0 Å². The molecule has 0 aliphatic heterocycles. The Morgan fingerprint density at radius 1 is 1.00 bits per heavy atom. The highest BCUT2D eigenvalue weighted by Crippen LogP contribution is 2.32. The first-order valence-electron chi connectivity index (χ1n) is 8.57. The molecule has 1 heterocycles. The number of anilines is 2. The van der Waals surface area contributed by atoms with Gasteiger partial charge in [-0.3, -0.25) is 4.79 Å². The fraction of sp³-hybridized carbons (Fsp3) is 0.238. The topological polar surface area (TPSA) is 67.2 Å². The molecule has 2 N–H and O–H groups in total. The normalized spacial score (nSPS) is 10.8. The van der Waals surface area contributed by atoms with Gasteiger partial charge in [0.05, 0.1) is 12.1 Å². The minimum absolute atomic E-state index is 0.0439. The quantitative estimate of drug-likeness (QED) is 0.713. The Morgan fingerprint density at radius 2 is 1.62 bits per heavy atom. The number of carbonyl (C=O) groups is 1. The summed E-state index contributed by atoms with van der Waals surface area (Å²) in [6.45, 7) is 7.99. The van der Waals surface area contributed by atoms with Crippen molar-refractivity contribution >= 4 is 17.5 Å². The van der Waals surface area contributed by atoms with Gasteiger partial charge < -0.3 is 10.4 Å². The second-order valence-electron chi connectivity index (χ2n) is 6.53. The van der Waals surface area contributed by atoms with E-state index in [0.717, 1.165) is 45.0 Å². The number of carboxylic acids is 1. The summed E-state index contributed by atoms with van der Waals surface area (Å²) in [6.07, 6.45) is 1.96. The number of hydrogen-bond acceptors (Lipinski definition) is 3. The second kappa shape index (κ2) is 7.04. The molecule has 0 radical (unpaired) electrons. The lowest BCUT2D eigenvalue weighted by molar-refractivity contribution is -0.136. The van der Waals surface area contributed by atoms with Crippen LogP contribution in [-0.4, -0.2) is 20.9 Å². The van der Waals surface area contributed by atoms with Crippen LogP contribution in [0.15, 0.2) is 42.6 Å². The standard InChI is InChI=1S/C21H23N3O2/c1-13-15(3)21(16(4)14(2)18(13)12-20(25)26)22-19-10-11-24(23-19)17-8-6-5-7-9-17/h5-11H,12H2,1-4H3,(H,22,23)(H,25,26). The molecule has 5 nitrogen and oxygen atoms in total. The maximum Gasteiger partial charge on any atom is 0.307 e. The minimum Gasteiger partial charge on any atom is -0.481 e. The first kappa shape index (κ1) is 17.7. The van der Waals surface area contributed by atoms with Crippen LogP contribution in [0.4, 0.5) is 11.5 Å². The fourth-order valence-electron chi connectivity index (χ4n) is 3.24. The van der Waals surface area contributed by atoms with Gasteiger partial charge in [0.15, 0.2) is 5.82 Å². The molecular formula is C21H23N3O2. The Kier molecular flexibility index (Phi) is 4.80. The van der Waals surface area contributed by atoms with Crippen molar-refractivity contribution in [2.24, 2.45) is 0 Å². The van der Waals surface area contributed by atoms with Gasteiger partial charge in [-0.1, -0.05) is 18.2 Å². The molecule has 1 aromatic heterocycles. The number of hydrogen-bond donors (Lipinski definition) is 2. The molecule has 0 fully saturated rings. The van der Waals surface area contributed by atoms with Gasteiger partial charge in [0.1, 0.15) is 0 Å². The number of nitrogens with zero attached hydrogens (tertiary/aromatic N) is 2. The third kappa shape index (κ3) is 3.33. The average molecular weight is 349 g/mol. The Labute approximate surface area is 153 Å². The molecule has 3 rings (SSSR count). The van der Waals surface area contributed by atoms with E-state index in [4.69, 9.17) is 0 Å². The van der Waals surface area contributed by atoms with Crippen LogP contribution >= 0.6 is 0 Å². The highest BCUT2D eigenvalue weighted by molar-refractivity contribution is 5.75. The Morgan fingerprint density at radius 3 is 2.19 bits per heavy atom. The first-order chi connectivity index (χ1) is 12.4. The molecular weight excluding hydrogens is 326 g/mol. The zero-order valence-electron chi connectivity index (χ0n) is 15.5.